The lowest BCUT2D eigenvalue weighted by molar-refractivity contribution is -0.134. The second-order valence-corrected chi connectivity index (χ2v) is 9.89. The van der Waals surface area contributed by atoms with Crippen molar-refractivity contribution in [3.05, 3.63) is 59.7 Å². The maximum absolute atomic E-state index is 12.6. The third-order valence-corrected chi connectivity index (χ3v) is 7.66. The van der Waals surface area contributed by atoms with Gasteiger partial charge in [0.05, 0.1) is 24.5 Å². The standard InChI is InChI=1S/C23H27N3O5S/c27-22(25-13-15-31-16-14-25)17-18-3-7-20(8-4-18)24-23(28)19-5-9-21(10-6-19)32(29,30)26-11-1-2-12-26/h3-10H,1-2,11-17H2,(H,24,28). The van der Waals surface area contributed by atoms with Crippen LogP contribution in [0.3, 0.4) is 0 Å². The Labute approximate surface area is 188 Å². The third-order valence-electron chi connectivity index (χ3n) is 5.75. The number of morpholine rings is 1. The van der Waals surface area contributed by atoms with Gasteiger partial charge in [0.15, 0.2) is 0 Å². The molecule has 0 radical (unpaired) electrons. The van der Waals surface area contributed by atoms with Crippen LogP contribution in [0.4, 0.5) is 5.69 Å². The molecule has 2 aliphatic heterocycles. The number of hydrogen-bond donors (Lipinski definition) is 1. The second kappa shape index (κ2) is 9.81. The minimum absolute atomic E-state index is 0.0639. The van der Waals surface area contributed by atoms with Crippen LogP contribution < -0.4 is 5.32 Å². The Morgan fingerprint density at radius 2 is 1.50 bits per heavy atom. The summed E-state index contributed by atoms with van der Waals surface area (Å²) in [6.45, 7) is 3.46. The fraction of sp³-hybridized carbons (Fsp3) is 0.391. The third kappa shape index (κ3) is 5.17. The molecule has 170 valence electrons. The summed E-state index contributed by atoms with van der Waals surface area (Å²) in [7, 11) is -3.50. The fourth-order valence-corrected chi connectivity index (χ4v) is 5.38. The number of rotatable bonds is 6. The van der Waals surface area contributed by atoms with Crippen LogP contribution in [0, 0.1) is 0 Å². The van der Waals surface area contributed by atoms with Gasteiger partial charge in [-0.3, -0.25) is 9.59 Å². The van der Waals surface area contributed by atoms with E-state index in [1.54, 1.807) is 17.0 Å². The Kier molecular flexibility index (Phi) is 6.88. The van der Waals surface area contributed by atoms with Gasteiger partial charge in [-0.05, 0) is 54.8 Å². The van der Waals surface area contributed by atoms with Gasteiger partial charge in [0.2, 0.25) is 15.9 Å². The average molecular weight is 458 g/mol. The van der Waals surface area contributed by atoms with E-state index in [-0.39, 0.29) is 16.7 Å². The molecule has 0 aliphatic carbocycles. The lowest BCUT2D eigenvalue weighted by Gasteiger charge is -2.26. The fourth-order valence-electron chi connectivity index (χ4n) is 3.86. The highest BCUT2D eigenvalue weighted by Crippen LogP contribution is 2.21. The summed E-state index contributed by atoms with van der Waals surface area (Å²) in [5.74, 6) is -0.263. The van der Waals surface area contributed by atoms with Crippen molar-refractivity contribution in [2.45, 2.75) is 24.2 Å². The Balaban J connectivity index is 1.35. The summed E-state index contributed by atoms with van der Waals surface area (Å²) < 4.78 is 32.0. The van der Waals surface area contributed by atoms with E-state index < -0.39 is 10.0 Å². The highest BCUT2D eigenvalue weighted by molar-refractivity contribution is 7.89. The molecule has 0 spiro atoms. The zero-order chi connectivity index (χ0) is 22.6. The Bertz CT molecular complexity index is 1060. The van der Waals surface area contributed by atoms with Gasteiger partial charge in [-0.15, -0.1) is 0 Å². The molecule has 2 amide bonds. The van der Waals surface area contributed by atoms with E-state index in [2.05, 4.69) is 5.32 Å². The molecule has 1 N–H and O–H groups in total. The lowest BCUT2D eigenvalue weighted by atomic mass is 10.1. The predicted molar refractivity (Wildman–Crippen MR) is 120 cm³/mol. The Morgan fingerprint density at radius 1 is 0.875 bits per heavy atom. The van der Waals surface area contributed by atoms with Crippen LogP contribution >= 0.6 is 0 Å². The minimum Gasteiger partial charge on any atom is -0.378 e. The number of nitrogens with zero attached hydrogens (tertiary/aromatic N) is 2. The van der Waals surface area contributed by atoms with Crippen molar-refractivity contribution in [1.82, 2.24) is 9.21 Å². The van der Waals surface area contributed by atoms with E-state index >= 15 is 0 Å². The van der Waals surface area contributed by atoms with Crippen molar-refractivity contribution >= 4 is 27.5 Å². The Morgan fingerprint density at radius 3 is 2.12 bits per heavy atom. The maximum atomic E-state index is 12.6. The zero-order valence-corrected chi connectivity index (χ0v) is 18.6. The number of anilines is 1. The predicted octanol–water partition coefficient (Wildman–Crippen LogP) is 2.12. The van der Waals surface area contributed by atoms with Gasteiger partial charge in [0.1, 0.15) is 0 Å². The number of amides is 2. The van der Waals surface area contributed by atoms with Gasteiger partial charge in [-0.2, -0.15) is 4.31 Å². The van der Waals surface area contributed by atoms with Crippen LogP contribution in [0.25, 0.3) is 0 Å². The molecule has 2 aromatic carbocycles. The summed E-state index contributed by atoms with van der Waals surface area (Å²) in [6.07, 6.45) is 2.06. The van der Waals surface area contributed by atoms with Gasteiger partial charge in [0.25, 0.3) is 5.91 Å². The lowest BCUT2D eigenvalue weighted by Crippen LogP contribution is -2.41. The second-order valence-electron chi connectivity index (χ2n) is 7.96. The number of carbonyl (C=O) groups is 2. The van der Waals surface area contributed by atoms with Crippen LogP contribution in [0.2, 0.25) is 0 Å². The highest BCUT2D eigenvalue weighted by Gasteiger charge is 2.27. The van der Waals surface area contributed by atoms with E-state index in [1.807, 2.05) is 12.1 Å². The van der Waals surface area contributed by atoms with Gasteiger partial charge < -0.3 is 15.0 Å². The maximum Gasteiger partial charge on any atom is 0.255 e. The van der Waals surface area contributed by atoms with E-state index in [0.29, 0.717) is 57.1 Å². The molecule has 2 aromatic rings. The summed E-state index contributed by atoms with van der Waals surface area (Å²) in [6, 6.07) is 13.1. The van der Waals surface area contributed by atoms with E-state index in [1.165, 1.54) is 28.6 Å². The molecule has 0 atom stereocenters. The molecule has 2 fully saturated rings. The summed E-state index contributed by atoms with van der Waals surface area (Å²) in [5.41, 5.74) is 1.85. The molecule has 2 aliphatic rings. The zero-order valence-electron chi connectivity index (χ0n) is 17.8. The topological polar surface area (TPSA) is 96.0 Å². The molecule has 2 heterocycles. The van der Waals surface area contributed by atoms with Crippen LogP contribution in [-0.4, -0.2) is 68.8 Å². The van der Waals surface area contributed by atoms with Crippen molar-refractivity contribution in [3.63, 3.8) is 0 Å². The molecule has 2 saturated heterocycles. The van der Waals surface area contributed by atoms with E-state index in [9.17, 15) is 18.0 Å². The summed E-state index contributed by atoms with van der Waals surface area (Å²) in [5, 5.41) is 2.80. The van der Waals surface area contributed by atoms with Crippen molar-refractivity contribution in [3.8, 4) is 0 Å². The number of ether oxygens (including phenoxy) is 1. The first-order chi connectivity index (χ1) is 15.4. The summed E-state index contributed by atoms with van der Waals surface area (Å²) in [4.78, 5) is 26.9. The van der Waals surface area contributed by atoms with Crippen LogP contribution in [0.1, 0.15) is 28.8 Å². The van der Waals surface area contributed by atoms with E-state index in [0.717, 1.165) is 18.4 Å². The molecule has 0 unspecified atom stereocenters. The average Bonchev–Trinajstić information content (AvgIpc) is 3.37. The van der Waals surface area contributed by atoms with Crippen LogP contribution in [0.5, 0.6) is 0 Å². The molecule has 32 heavy (non-hydrogen) atoms. The van der Waals surface area contributed by atoms with Crippen molar-refractivity contribution in [2.75, 3.05) is 44.7 Å². The van der Waals surface area contributed by atoms with Gasteiger partial charge >= 0.3 is 0 Å². The van der Waals surface area contributed by atoms with Crippen LogP contribution in [0.15, 0.2) is 53.4 Å². The largest absolute Gasteiger partial charge is 0.378 e. The van der Waals surface area contributed by atoms with E-state index in [4.69, 9.17) is 4.74 Å². The molecule has 9 heteroatoms. The molecular weight excluding hydrogens is 430 g/mol. The number of carbonyl (C=O) groups excluding carboxylic acids is 2. The monoisotopic (exact) mass is 457 g/mol. The first-order valence-corrected chi connectivity index (χ1v) is 12.2. The first kappa shape index (κ1) is 22.4. The summed E-state index contributed by atoms with van der Waals surface area (Å²) >= 11 is 0. The molecule has 8 nitrogen and oxygen atoms in total. The van der Waals surface area contributed by atoms with Crippen molar-refractivity contribution in [2.24, 2.45) is 0 Å². The molecule has 0 saturated carbocycles. The Hall–Kier alpha value is -2.75. The smallest absolute Gasteiger partial charge is 0.255 e. The van der Waals surface area contributed by atoms with Gasteiger partial charge in [0, 0.05) is 37.4 Å². The van der Waals surface area contributed by atoms with Crippen molar-refractivity contribution < 1.29 is 22.7 Å². The number of benzene rings is 2. The van der Waals surface area contributed by atoms with Crippen LogP contribution in [-0.2, 0) is 26.0 Å². The molecule has 0 bridgehead atoms. The molecular formula is C23H27N3O5S. The number of sulfonamides is 1. The van der Waals surface area contributed by atoms with Gasteiger partial charge in [-0.25, -0.2) is 8.42 Å². The van der Waals surface area contributed by atoms with Crippen molar-refractivity contribution in [1.29, 1.82) is 0 Å². The quantitative estimate of drug-likeness (QED) is 0.717. The molecule has 4 rings (SSSR count). The number of nitrogens with one attached hydrogen (secondary N) is 1. The SMILES string of the molecule is O=C(Nc1ccc(CC(=O)N2CCOCC2)cc1)c1ccc(S(=O)(=O)N2CCCC2)cc1. The normalized spacial score (nSPS) is 17.3. The minimum atomic E-state index is -3.50. The molecule has 0 aromatic heterocycles. The van der Waals surface area contributed by atoms with Gasteiger partial charge in [-0.1, -0.05) is 12.1 Å². The highest BCUT2D eigenvalue weighted by atomic mass is 32.2. The first-order valence-electron chi connectivity index (χ1n) is 10.8. The number of hydrogen-bond acceptors (Lipinski definition) is 5.